The summed E-state index contributed by atoms with van der Waals surface area (Å²) < 4.78 is 44.7. The molecule has 2 amide bonds. The van der Waals surface area contributed by atoms with Crippen molar-refractivity contribution >= 4 is 6.03 Å². The van der Waals surface area contributed by atoms with Crippen LogP contribution in [0.3, 0.4) is 0 Å². The largest absolute Gasteiger partial charge is 0.496 e. The number of benzene rings is 2. The van der Waals surface area contributed by atoms with Gasteiger partial charge in [-0.1, -0.05) is 48.5 Å². The Morgan fingerprint density at radius 2 is 1.71 bits per heavy atom. The maximum Gasteiger partial charge on any atom is 0.412 e. The highest BCUT2D eigenvalue weighted by Gasteiger charge is 2.41. The molecule has 1 atom stereocenters. The van der Waals surface area contributed by atoms with Crippen LogP contribution in [0.15, 0.2) is 54.6 Å². The fourth-order valence-corrected chi connectivity index (χ4v) is 2.21. The summed E-state index contributed by atoms with van der Waals surface area (Å²) in [6.45, 7) is 0.0508. The van der Waals surface area contributed by atoms with E-state index in [1.807, 2.05) is 5.32 Å². The number of carbonyl (C=O) groups is 1. The van der Waals surface area contributed by atoms with Gasteiger partial charge in [-0.2, -0.15) is 13.2 Å². The Morgan fingerprint density at radius 3 is 2.33 bits per heavy atom. The maximum absolute atomic E-state index is 13.2. The lowest BCUT2D eigenvalue weighted by Gasteiger charge is -2.22. The molecule has 0 saturated carbocycles. The molecule has 0 fully saturated rings. The summed E-state index contributed by atoms with van der Waals surface area (Å²) in [4.78, 5) is 11.9. The van der Waals surface area contributed by atoms with Crippen LogP contribution in [-0.2, 0) is 6.54 Å². The number of para-hydroxylation sites is 1. The molecule has 0 aliphatic rings. The van der Waals surface area contributed by atoms with Crippen molar-refractivity contribution in [3.05, 3.63) is 65.7 Å². The fourth-order valence-electron chi connectivity index (χ4n) is 2.21. The molecular formula is C17H17F3N2O2. The van der Waals surface area contributed by atoms with Crippen LogP contribution in [0.1, 0.15) is 17.2 Å². The van der Waals surface area contributed by atoms with E-state index in [-0.39, 0.29) is 12.1 Å². The molecule has 0 aromatic heterocycles. The summed E-state index contributed by atoms with van der Waals surface area (Å²) in [5.41, 5.74) is 0.635. The lowest BCUT2D eigenvalue weighted by molar-refractivity contribution is -0.154. The van der Waals surface area contributed by atoms with Crippen LogP contribution in [0.2, 0.25) is 0 Å². The van der Waals surface area contributed by atoms with Gasteiger partial charge in [0, 0.05) is 12.1 Å². The molecule has 0 radical (unpaired) electrons. The van der Waals surface area contributed by atoms with E-state index in [2.05, 4.69) is 5.32 Å². The van der Waals surface area contributed by atoms with Gasteiger partial charge < -0.3 is 15.4 Å². The molecule has 128 valence electrons. The zero-order chi connectivity index (χ0) is 17.6. The van der Waals surface area contributed by atoms with Crippen molar-refractivity contribution in [3.63, 3.8) is 0 Å². The van der Waals surface area contributed by atoms with Gasteiger partial charge in [0.25, 0.3) is 0 Å². The summed E-state index contributed by atoms with van der Waals surface area (Å²) in [5, 5.41) is 4.38. The van der Waals surface area contributed by atoms with Gasteiger partial charge in [0.2, 0.25) is 0 Å². The molecular weight excluding hydrogens is 321 g/mol. The molecule has 4 nitrogen and oxygen atoms in total. The van der Waals surface area contributed by atoms with Gasteiger partial charge in [0.15, 0.2) is 6.04 Å². The van der Waals surface area contributed by atoms with Gasteiger partial charge in [-0.15, -0.1) is 0 Å². The summed E-state index contributed by atoms with van der Waals surface area (Å²) in [6.07, 6.45) is -4.59. The Kier molecular flexibility index (Phi) is 5.68. The molecule has 0 unspecified atom stereocenters. The Labute approximate surface area is 137 Å². The van der Waals surface area contributed by atoms with Gasteiger partial charge in [-0.05, 0) is 11.6 Å². The van der Waals surface area contributed by atoms with Crippen molar-refractivity contribution in [3.8, 4) is 5.75 Å². The highest BCUT2D eigenvalue weighted by molar-refractivity contribution is 5.74. The van der Waals surface area contributed by atoms with Crippen molar-refractivity contribution in [2.45, 2.75) is 18.8 Å². The van der Waals surface area contributed by atoms with Crippen molar-refractivity contribution < 1.29 is 22.7 Å². The minimum absolute atomic E-state index is 0.0301. The van der Waals surface area contributed by atoms with E-state index in [0.29, 0.717) is 11.3 Å². The second kappa shape index (κ2) is 7.72. The van der Waals surface area contributed by atoms with Crippen LogP contribution in [0.4, 0.5) is 18.0 Å². The third-order valence-corrected chi connectivity index (χ3v) is 3.37. The molecule has 7 heteroatoms. The lowest BCUT2D eigenvalue weighted by Crippen LogP contribution is -2.43. The Balaban J connectivity index is 2.03. The van der Waals surface area contributed by atoms with Gasteiger partial charge in [0.1, 0.15) is 5.75 Å². The molecule has 0 aliphatic carbocycles. The second-order valence-corrected chi connectivity index (χ2v) is 5.02. The van der Waals surface area contributed by atoms with Gasteiger partial charge >= 0.3 is 12.2 Å². The number of methoxy groups -OCH3 is 1. The van der Waals surface area contributed by atoms with E-state index < -0.39 is 18.2 Å². The minimum atomic E-state index is -4.59. The number of nitrogens with one attached hydrogen (secondary N) is 2. The summed E-state index contributed by atoms with van der Waals surface area (Å²) in [6, 6.07) is 11.2. The number of alkyl halides is 3. The van der Waals surface area contributed by atoms with Crippen LogP contribution in [0.5, 0.6) is 5.75 Å². The monoisotopic (exact) mass is 338 g/mol. The standard InChI is InChI=1S/C17H17F3N2O2/c1-24-14-10-6-5-9-13(14)11-21-16(23)22-15(17(18,19)20)12-7-3-2-4-8-12/h2-10,15H,11H2,1H3,(H2,21,22,23)/t15-/m0/s1. The summed E-state index contributed by atoms with van der Waals surface area (Å²) in [7, 11) is 1.48. The number of urea groups is 1. The highest BCUT2D eigenvalue weighted by Crippen LogP contribution is 2.32. The first kappa shape index (κ1) is 17.7. The van der Waals surface area contributed by atoms with Crippen LogP contribution in [0, 0.1) is 0 Å². The second-order valence-electron chi connectivity index (χ2n) is 5.02. The zero-order valence-electron chi connectivity index (χ0n) is 12.9. The van der Waals surface area contributed by atoms with Crippen LogP contribution >= 0.6 is 0 Å². The molecule has 2 aromatic carbocycles. The van der Waals surface area contributed by atoms with Crippen molar-refractivity contribution in [1.82, 2.24) is 10.6 Å². The van der Waals surface area contributed by atoms with Gasteiger partial charge in [-0.25, -0.2) is 4.79 Å². The van der Waals surface area contributed by atoms with E-state index in [1.165, 1.54) is 31.4 Å². The number of carbonyl (C=O) groups excluding carboxylic acids is 1. The number of hydrogen-bond acceptors (Lipinski definition) is 2. The van der Waals surface area contributed by atoms with E-state index in [1.54, 1.807) is 30.3 Å². The number of ether oxygens (including phenoxy) is 1. The first-order valence-electron chi connectivity index (χ1n) is 7.19. The first-order chi connectivity index (χ1) is 11.4. The molecule has 2 N–H and O–H groups in total. The predicted octanol–water partition coefficient (Wildman–Crippen LogP) is 3.80. The molecule has 0 heterocycles. The molecule has 2 aromatic rings. The Hall–Kier alpha value is -2.70. The molecule has 24 heavy (non-hydrogen) atoms. The van der Waals surface area contributed by atoms with Crippen LogP contribution < -0.4 is 15.4 Å². The minimum Gasteiger partial charge on any atom is -0.496 e. The number of rotatable bonds is 5. The summed E-state index contributed by atoms with van der Waals surface area (Å²) >= 11 is 0. The predicted molar refractivity (Wildman–Crippen MR) is 83.6 cm³/mol. The smallest absolute Gasteiger partial charge is 0.412 e. The first-order valence-corrected chi connectivity index (χ1v) is 7.19. The van der Waals surface area contributed by atoms with E-state index >= 15 is 0 Å². The average Bonchev–Trinajstić information content (AvgIpc) is 2.58. The Bertz CT molecular complexity index is 675. The topological polar surface area (TPSA) is 50.4 Å². The van der Waals surface area contributed by atoms with Crippen molar-refractivity contribution in [2.75, 3.05) is 7.11 Å². The normalized spacial score (nSPS) is 12.3. The number of hydrogen-bond donors (Lipinski definition) is 2. The zero-order valence-corrected chi connectivity index (χ0v) is 12.9. The average molecular weight is 338 g/mol. The molecule has 0 spiro atoms. The van der Waals surface area contributed by atoms with Gasteiger partial charge in [-0.3, -0.25) is 0 Å². The maximum atomic E-state index is 13.2. The van der Waals surface area contributed by atoms with Crippen LogP contribution in [-0.4, -0.2) is 19.3 Å². The summed E-state index contributed by atoms with van der Waals surface area (Å²) in [5.74, 6) is 0.549. The third kappa shape index (κ3) is 4.65. The molecule has 0 aliphatic heterocycles. The van der Waals surface area contributed by atoms with Crippen LogP contribution in [0.25, 0.3) is 0 Å². The molecule has 2 rings (SSSR count). The number of halogens is 3. The Morgan fingerprint density at radius 1 is 1.08 bits per heavy atom. The van der Waals surface area contributed by atoms with E-state index in [0.717, 1.165) is 0 Å². The quantitative estimate of drug-likeness (QED) is 0.871. The number of amides is 2. The third-order valence-electron chi connectivity index (χ3n) is 3.37. The molecule has 0 bridgehead atoms. The fraction of sp³-hybridized carbons (Fsp3) is 0.235. The van der Waals surface area contributed by atoms with Gasteiger partial charge in [0.05, 0.1) is 7.11 Å². The van der Waals surface area contributed by atoms with Crippen molar-refractivity contribution in [2.24, 2.45) is 0 Å². The highest BCUT2D eigenvalue weighted by atomic mass is 19.4. The lowest BCUT2D eigenvalue weighted by atomic mass is 10.1. The molecule has 0 saturated heterocycles. The SMILES string of the molecule is COc1ccccc1CNC(=O)N[C@@H](c1ccccc1)C(F)(F)F. The van der Waals surface area contributed by atoms with E-state index in [4.69, 9.17) is 4.74 Å². The van der Waals surface area contributed by atoms with Crippen molar-refractivity contribution in [1.29, 1.82) is 0 Å². The van der Waals surface area contributed by atoms with E-state index in [9.17, 15) is 18.0 Å².